The summed E-state index contributed by atoms with van der Waals surface area (Å²) >= 11 is 0. The average Bonchev–Trinajstić information content (AvgIpc) is 2.51. The van der Waals surface area contributed by atoms with E-state index in [4.69, 9.17) is 4.74 Å². The zero-order valence-electron chi connectivity index (χ0n) is 14.5. The average molecular weight is 343 g/mol. The van der Waals surface area contributed by atoms with Gasteiger partial charge in [0.15, 0.2) is 5.41 Å². The molecule has 7 heteroatoms. The third-order valence-electron chi connectivity index (χ3n) is 5.46. The highest BCUT2D eigenvalue weighted by atomic mass is 16.5. The van der Waals surface area contributed by atoms with E-state index in [-0.39, 0.29) is 18.6 Å². The largest absolute Gasteiger partial charge is 0.372 e. The van der Waals surface area contributed by atoms with E-state index in [1.165, 1.54) is 0 Å². The van der Waals surface area contributed by atoms with Gasteiger partial charge in [-0.25, -0.2) is 4.79 Å². The number of rotatable bonds is 0. The Balaban J connectivity index is 1.92. The molecule has 1 spiro atoms. The van der Waals surface area contributed by atoms with Crippen LogP contribution in [0.3, 0.4) is 0 Å². The van der Waals surface area contributed by atoms with Crippen LogP contribution < -0.4 is 15.5 Å². The third-order valence-corrected chi connectivity index (χ3v) is 5.46. The molecule has 0 bridgehead atoms. The molecular weight excluding hydrogens is 322 g/mol. The van der Waals surface area contributed by atoms with Crippen LogP contribution in [0.25, 0.3) is 0 Å². The van der Waals surface area contributed by atoms with Crippen LogP contribution in [-0.4, -0.2) is 42.6 Å². The first kappa shape index (κ1) is 16.1. The van der Waals surface area contributed by atoms with E-state index in [0.29, 0.717) is 6.54 Å². The summed E-state index contributed by atoms with van der Waals surface area (Å²) in [7, 11) is 0. The maximum absolute atomic E-state index is 12.9. The third kappa shape index (κ3) is 2.18. The summed E-state index contributed by atoms with van der Waals surface area (Å²) in [6, 6.07) is 4.85. The summed E-state index contributed by atoms with van der Waals surface area (Å²) in [5.41, 5.74) is 1.65. The summed E-state index contributed by atoms with van der Waals surface area (Å²) in [5.74, 6) is -1.10. The first-order chi connectivity index (χ1) is 11.8. The van der Waals surface area contributed by atoms with Crippen molar-refractivity contribution in [2.45, 2.75) is 45.4 Å². The van der Waals surface area contributed by atoms with Crippen LogP contribution in [0, 0.1) is 12.3 Å². The number of carbonyl (C=O) groups is 3. The Morgan fingerprint density at radius 1 is 1.16 bits per heavy atom. The molecule has 3 heterocycles. The highest BCUT2D eigenvalue weighted by Gasteiger charge is 2.62. The van der Waals surface area contributed by atoms with Crippen LogP contribution in [0.4, 0.5) is 10.5 Å². The predicted octanol–water partition coefficient (Wildman–Crippen LogP) is 0.886. The van der Waals surface area contributed by atoms with E-state index in [1.54, 1.807) is 0 Å². The molecule has 3 aliphatic heterocycles. The first-order valence-corrected chi connectivity index (χ1v) is 8.51. The number of nitrogens with zero attached hydrogens (tertiary/aromatic N) is 1. The maximum Gasteiger partial charge on any atom is 0.328 e. The standard InChI is InChI=1S/C18H21N3O4/c1-9-4-5-13-12(6-9)7-18(15(22)19-17(24)20-16(18)23)14-11(3)25-10(2)8-21(13)14/h4-6,10-11,14H,7-8H2,1-3H3,(H2,19,20,22,23,24)/t10-,11+,14?/m0/s1. The number of aryl methyl sites for hydroxylation is 1. The highest BCUT2D eigenvalue weighted by molar-refractivity contribution is 6.20. The summed E-state index contributed by atoms with van der Waals surface area (Å²) < 4.78 is 5.96. The lowest BCUT2D eigenvalue weighted by Crippen LogP contribution is -2.75. The van der Waals surface area contributed by atoms with Gasteiger partial charge in [-0.1, -0.05) is 17.7 Å². The minimum absolute atomic E-state index is 0.0214. The quantitative estimate of drug-likeness (QED) is 0.683. The molecule has 3 atom stereocenters. The number of benzene rings is 1. The van der Waals surface area contributed by atoms with Crippen LogP contribution in [0.15, 0.2) is 18.2 Å². The van der Waals surface area contributed by atoms with Crippen molar-refractivity contribution in [3.63, 3.8) is 0 Å². The number of imide groups is 2. The van der Waals surface area contributed by atoms with Gasteiger partial charge in [0, 0.05) is 12.2 Å². The molecule has 2 fully saturated rings. The van der Waals surface area contributed by atoms with Gasteiger partial charge in [-0.05, 0) is 38.8 Å². The number of nitrogens with one attached hydrogen (secondary N) is 2. The Labute approximate surface area is 145 Å². The number of barbiturate groups is 1. The van der Waals surface area contributed by atoms with Crippen molar-refractivity contribution in [2.75, 3.05) is 11.4 Å². The van der Waals surface area contributed by atoms with Gasteiger partial charge in [0.05, 0.1) is 18.2 Å². The van der Waals surface area contributed by atoms with Gasteiger partial charge in [0.1, 0.15) is 0 Å². The smallest absolute Gasteiger partial charge is 0.328 e. The minimum atomic E-state index is -1.38. The molecular formula is C18H21N3O4. The number of anilines is 1. The molecule has 1 aromatic rings. The van der Waals surface area contributed by atoms with Crippen LogP contribution in [0.1, 0.15) is 25.0 Å². The second-order valence-electron chi connectivity index (χ2n) is 7.27. The highest BCUT2D eigenvalue weighted by Crippen LogP contribution is 2.46. The van der Waals surface area contributed by atoms with E-state index < -0.39 is 29.3 Å². The van der Waals surface area contributed by atoms with Gasteiger partial charge in [-0.15, -0.1) is 0 Å². The van der Waals surface area contributed by atoms with Crippen molar-refractivity contribution in [3.05, 3.63) is 29.3 Å². The summed E-state index contributed by atoms with van der Waals surface area (Å²) in [6.45, 7) is 6.42. The topological polar surface area (TPSA) is 87.7 Å². The van der Waals surface area contributed by atoms with Gasteiger partial charge in [-0.2, -0.15) is 0 Å². The molecule has 2 N–H and O–H groups in total. The molecule has 2 saturated heterocycles. The number of carbonyl (C=O) groups excluding carboxylic acids is 3. The summed E-state index contributed by atoms with van der Waals surface area (Å²) in [5, 5.41) is 4.58. The Bertz CT molecular complexity index is 771. The SMILES string of the molecule is Cc1ccc2c(c1)CC1(C(=O)NC(=O)NC1=O)C1[C@@H](C)O[C@@H](C)CN21. The fraction of sp³-hybridized carbons (Fsp3) is 0.500. The molecule has 0 aromatic heterocycles. The second kappa shape index (κ2) is 5.29. The molecule has 1 unspecified atom stereocenters. The fourth-order valence-electron chi connectivity index (χ4n) is 4.58. The van der Waals surface area contributed by atoms with Gasteiger partial charge < -0.3 is 9.64 Å². The van der Waals surface area contributed by atoms with E-state index >= 15 is 0 Å². The number of hydrogen-bond acceptors (Lipinski definition) is 5. The number of urea groups is 1. The zero-order chi connectivity index (χ0) is 17.9. The molecule has 4 rings (SSSR count). The predicted molar refractivity (Wildman–Crippen MR) is 90.1 cm³/mol. The zero-order valence-corrected chi connectivity index (χ0v) is 14.5. The number of ether oxygens (including phenoxy) is 1. The maximum atomic E-state index is 12.9. The number of hydrogen-bond donors (Lipinski definition) is 2. The molecule has 3 aliphatic rings. The summed E-state index contributed by atoms with van der Waals surface area (Å²) in [4.78, 5) is 39.5. The Hall–Kier alpha value is -2.41. The summed E-state index contributed by atoms with van der Waals surface area (Å²) in [6.07, 6.45) is -0.104. The number of fused-ring (bicyclic) bond motifs is 4. The minimum Gasteiger partial charge on any atom is -0.372 e. The molecule has 4 amide bonds. The Kier molecular flexibility index (Phi) is 3.40. The fourth-order valence-corrected chi connectivity index (χ4v) is 4.58. The molecule has 7 nitrogen and oxygen atoms in total. The van der Waals surface area contributed by atoms with Crippen molar-refractivity contribution >= 4 is 23.5 Å². The van der Waals surface area contributed by atoms with Crippen molar-refractivity contribution in [1.82, 2.24) is 10.6 Å². The van der Waals surface area contributed by atoms with E-state index in [1.807, 2.05) is 39.0 Å². The molecule has 1 aromatic carbocycles. The molecule has 0 radical (unpaired) electrons. The Morgan fingerprint density at radius 2 is 1.84 bits per heavy atom. The van der Waals surface area contributed by atoms with Crippen LogP contribution in [0.5, 0.6) is 0 Å². The van der Waals surface area contributed by atoms with Gasteiger partial charge in [0.25, 0.3) is 0 Å². The lowest BCUT2D eigenvalue weighted by molar-refractivity contribution is -0.153. The van der Waals surface area contributed by atoms with Crippen molar-refractivity contribution in [1.29, 1.82) is 0 Å². The lowest BCUT2D eigenvalue weighted by atomic mass is 9.66. The Morgan fingerprint density at radius 3 is 2.52 bits per heavy atom. The number of amides is 4. The molecule has 0 aliphatic carbocycles. The van der Waals surface area contributed by atoms with Crippen LogP contribution >= 0.6 is 0 Å². The molecule has 25 heavy (non-hydrogen) atoms. The van der Waals surface area contributed by atoms with E-state index in [0.717, 1.165) is 16.8 Å². The normalized spacial score (nSPS) is 30.4. The van der Waals surface area contributed by atoms with Crippen LogP contribution in [-0.2, 0) is 20.7 Å². The lowest BCUT2D eigenvalue weighted by Gasteiger charge is -2.55. The number of morpholine rings is 1. The molecule has 0 saturated carbocycles. The van der Waals surface area contributed by atoms with Crippen molar-refractivity contribution in [3.8, 4) is 0 Å². The first-order valence-electron chi connectivity index (χ1n) is 8.51. The van der Waals surface area contributed by atoms with Gasteiger partial charge in [0.2, 0.25) is 11.8 Å². The van der Waals surface area contributed by atoms with Crippen molar-refractivity contribution in [2.24, 2.45) is 5.41 Å². The van der Waals surface area contributed by atoms with E-state index in [2.05, 4.69) is 15.5 Å². The van der Waals surface area contributed by atoms with Crippen molar-refractivity contribution < 1.29 is 19.1 Å². The van der Waals surface area contributed by atoms with E-state index in [9.17, 15) is 14.4 Å². The second-order valence-corrected chi connectivity index (χ2v) is 7.27. The monoisotopic (exact) mass is 343 g/mol. The van der Waals surface area contributed by atoms with Gasteiger partial charge >= 0.3 is 6.03 Å². The molecule has 132 valence electrons. The van der Waals surface area contributed by atoms with Gasteiger partial charge in [-0.3, -0.25) is 20.2 Å². The van der Waals surface area contributed by atoms with Crippen LogP contribution in [0.2, 0.25) is 0 Å².